The van der Waals surface area contributed by atoms with Crippen molar-refractivity contribution in [3.8, 4) is 0 Å². The Balaban J connectivity index is 2.06. The van der Waals surface area contributed by atoms with E-state index in [4.69, 9.17) is 34.8 Å². The summed E-state index contributed by atoms with van der Waals surface area (Å²) >= 11 is 17.5. The van der Waals surface area contributed by atoms with Gasteiger partial charge in [0, 0.05) is 15.7 Å². The molecule has 2 aromatic carbocycles. The molecule has 9 heteroatoms. The van der Waals surface area contributed by atoms with Gasteiger partial charge in [0.25, 0.3) is 0 Å². The van der Waals surface area contributed by atoms with Gasteiger partial charge in [-0.25, -0.2) is 13.1 Å². The molecular weight excluding hydrogens is 395 g/mol. The van der Waals surface area contributed by atoms with Gasteiger partial charge < -0.3 is 5.32 Å². The van der Waals surface area contributed by atoms with Gasteiger partial charge in [0.1, 0.15) is 4.90 Å². The van der Waals surface area contributed by atoms with Crippen LogP contribution in [0.25, 0.3) is 0 Å². The number of halogens is 3. The van der Waals surface area contributed by atoms with Crippen LogP contribution in [0.3, 0.4) is 0 Å². The van der Waals surface area contributed by atoms with Crippen LogP contribution in [0, 0.1) is 6.92 Å². The van der Waals surface area contributed by atoms with E-state index in [-0.39, 0.29) is 14.9 Å². The summed E-state index contributed by atoms with van der Waals surface area (Å²) in [5, 5.41) is 3.39. The van der Waals surface area contributed by atoms with E-state index in [9.17, 15) is 13.2 Å². The van der Waals surface area contributed by atoms with E-state index in [1.807, 2.05) is 0 Å². The Kier molecular flexibility index (Phi) is 6.11. The lowest BCUT2D eigenvalue weighted by molar-refractivity contribution is -0.115. The van der Waals surface area contributed by atoms with Gasteiger partial charge in [0.15, 0.2) is 0 Å². The second-order valence-electron chi connectivity index (χ2n) is 4.91. The molecular formula is C15H13Cl3N2O3S. The van der Waals surface area contributed by atoms with Crippen molar-refractivity contribution in [1.29, 1.82) is 0 Å². The monoisotopic (exact) mass is 406 g/mol. The molecule has 5 nitrogen and oxygen atoms in total. The largest absolute Gasteiger partial charge is 0.325 e. The fraction of sp³-hybridized carbons (Fsp3) is 0.133. The van der Waals surface area contributed by atoms with Crippen molar-refractivity contribution in [3.05, 3.63) is 57.0 Å². The first-order valence-electron chi connectivity index (χ1n) is 6.70. The Morgan fingerprint density at radius 1 is 1.04 bits per heavy atom. The molecule has 24 heavy (non-hydrogen) atoms. The number of carbonyl (C=O) groups is 1. The summed E-state index contributed by atoms with van der Waals surface area (Å²) in [6.07, 6.45) is 0. The average Bonchev–Trinajstić information content (AvgIpc) is 2.50. The van der Waals surface area contributed by atoms with Crippen molar-refractivity contribution in [2.45, 2.75) is 11.8 Å². The van der Waals surface area contributed by atoms with Gasteiger partial charge in [-0.1, -0.05) is 34.8 Å². The smallest absolute Gasteiger partial charge is 0.242 e. The molecule has 2 N–H and O–H groups in total. The van der Waals surface area contributed by atoms with E-state index in [1.54, 1.807) is 25.1 Å². The fourth-order valence-corrected chi connectivity index (χ4v) is 3.85. The minimum atomic E-state index is -3.97. The topological polar surface area (TPSA) is 75.3 Å². The van der Waals surface area contributed by atoms with Crippen molar-refractivity contribution >= 4 is 56.4 Å². The molecule has 1 amide bonds. The third-order valence-corrected chi connectivity index (χ3v) is 5.42. The number of aryl methyl sites for hydroxylation is 1. The van der Waals surface area contributed by atoms with Crippen LogP contribution in [0.15, 0.2) is 41.3 Å². The lowest BCUT2D eigenvalue weighted by atomic mass is 10.2. The Hall–Kier alpha value is -1.31. The zero-order valence-corrected chi connectivity index (χ0v) is 15.5. The van der Waals surface area contributed by atoms with Crippen molar-refractivity contribution in [3.63, 3.8) is 0 Å². The van der Waals surface area contributed by atoms with Gasteiger partial charge >= 0.3 is 0 Å². The quantitative estimate of drug-likeness (QED) is 0.790. The van der Waals surface area contributed by atoms with Crippen LogP contribution < -0.4 is 10.0 Å². The maximum Gasteiger partial charge on any atom is 0.242 e. The summed E-state index contributed by atoms with van der Waals surface area (Å²) in [5.74, 6) is -0.526. The highest BCUT2D eigenvalue weighted by molar-refractivity contribution is 7.89. The number of amides is 1. The minimum absolute atomic E-state index is 0.0147. The number of nitrogens with one attached hydrogen (secondary N) is 2. The minimum Gasteiger partial charge on any atom is -0.325 e. The summed E-state index contributed by atoms with van der Waals surface area (Å²) in [6, 6.07) is 9.01. The standard InChI is InChI=1S/C15H13Cl3N2O3S/c1-9-6-10(16)3-5-13(9)20-15(21)8-19-24(22,23)14-7-11(17)2-4-12(14)18/h2-7,19H,8H2,1H3,(H,20,21). The molecule has 0 aliphatic rings. The maximum atomic E-state index is 12.2. The van der Waals surface area contributed by atoms with Gasteiger partial charge in [-0.2, -0.15) is 0 Å². The van der Waals surface area contributed by atoms with Gasteiger partial charge in [0.2, 0.25) is 15.9 Å². The number of hydrogen-bond acceptors (Lipinski definition) is 3. The second kappa shape index (κ2) is 7.72. The molecule has 0 bridgehead atoms. The third kappa shape index (κ3) is 4.84. The van der Waals surface area contributed by atoms with Crippen LogP contribution in [0.2, 0.25) is 15.1 Å². The predicted octanol–water partition coefficient (Wildman–Crippen LogP) is 3.87. The van der Waals surface area contributed by atoms with E-state index in [0.717, 1.165) is 5.56 Å². The molecule has 0 spiro atoms. The molecule has 0 aliphatic carbocycles. The molecule has 0 aromatic heterocycles. The number of carbonyl (C=O) groups excluding carboxylic acids is 1. The molecule has 0 unspecified atom stereocenters. The zero-order valence-electron chi connectivity index (χ0n) is 12.4. The first kappa shape index (κ1) is 19.0. The van der Waals surface area contributed by atoms with Crippen molar-refractivity contribution in [2.75, 3.05) is 11.9 Å². The van der Waals surface area contributed by atoms with Crippen LogP contribution in [-0.2, 0) is 14.8 Å². The molecule has 2 aromatic rings. The van der Waals surface area contributed by atoms with E-state index < -0.39 is 22.5 Å². The summed E-state index contributed by atoms with van der Waals surface area (Å²) in [4.78, 5) is 11.8. The van der Waals surface area contributed by atoms with E-state index in [2.05, 4.69) is 10.0 Å². The van der Waals surface area contributed by atoms with Gasteiger partial charge in [-0.3, -0.25) is 4.79 Å². The highest BCUT2D eigenvalue weighted by Crippen LogP contribution is 2.24. The van der Waals surface area contributed by atoms with Crippen LogP contribution in [-0.4, -0.2) is 20.9 Å². The number of hydrogen-bond donors (Lipinski definition) is 2. The summed E-state index contributed by atoms with van der Waals surface area (Å²) in [5.41, 5.74) is 1.31. The third-order valence-electron chi connectivity index (χ3n) is 3.07. The van der Waals surface area contributed by atoms with E-state index >= 15 is 0 Å². The molecule has 0 saturated carbocycles. The molecule has 0 fully saturated rings. The Labute approximate surface area is 155 Å². The van der Waals surface area contributed by atoms with Crippen LogP contribution >= 0.6 is 34.8 Å². The molecule has 0 heterocycles. The van der Waals surface area contributed by atoms with Crippen molar-refractivity contribution in [1.82, 2.24) is 4.72 Å². The number of anilines is 1. The average molecular weight is 408 g/mol. The SMILES string of the molecule is Cc1cc(Cl)ccc1NC(=O)CNS(=O)(=O)c1cc(Cl)ccc1Cl. The lowest BCUT2D eigenvalue weighted by Gasteiger charge is -2.11. The summed E-state index contributed by atoms with van der Waals surface area (Å²) in [7, 11) is -3.97. The van der Waals surface area contributed by atoms with Crippen LogP contribution in [0.5, 0.6) is 0 Å². The Morgan fingerprint density at radius 3 is 2.33 bits per heavy atom. The summed E-state index contributed by atoms with van der Waals surface area (Å²) < 4.78 is 26.6. The highest BCUT2D eigenvalue weighted by atomic mass is 35.5. The second-order valence-corrected chi connectivity index (χ2v) is 7.92. The van der Waals surface area contributed by atoms with Gasteiger partial charge in [0.05, 0.1) is 11.6 Å². The molecule has 2 rings (SSSR count). The molecule has 0 radical (unpaired) electrons. The lowest BCUT2D eigenvalue weighted by Crippen LogP contribution is -2.33. The van der Waals surface area contributed by atoms with Crippen LogP contribution in [0.1, 0.15) is 5.56 Å². The molecule has 0 aliphatic heterocycles. The number of sulfonamides is 1. The molecule has 128 valence electrons. The first-order valence-corrected chi connectivity index (χ1v) is 9.31. The van der Waals surface area contributed by atoms with Gasteiger partial charge in [-0.05, 0) is 48.9 Å². The molecule has 0 atom stereocenters. The van der Waals surface area contributed by atoms with Crippen molar-refractivity contribution < 1.29 is 13.2 Å². The first-order chi connectivity index (χ1) is 11.2. The fourth-order valence-electron chi connectivity index (χ4n) is 1.88. The Bertz CT molecular complexity index is 886. The van der Waals surface area contributed by atoms with E-state index in [1.165, 1.54) is 18.2 Å². The summed E-state index contributed by atoms with van der Waals surface area (Å²) in [6.45, 7) is 1.32. The zero-order chi connectivity index (χ0) is 17.9. The van der Waals surface area contributed by atoms with Crippen molar-refractivity contribution in [2.24, 2.45) is 0 Å². The predicted molar refractivity (Wildman–Crippen MR) is 96.5 cm³/mol. The highest BCUT2D eigenvalue weighted by Gasteiger charge is 2.19. The van der Waals surface area contributed by atoms with E-state index in [0.29, 0.717) is 10.7 Å². The normalized spacial score (nSPS) is 11.3. The number of rotatable bonds is 5. The maximum absolute atomic E-state index is 12.2. The number of benzene rings is 2. The van der Waals surface area contributed by atoms with Gasteiger partial charge in [-0.15, -0.1) is 0 Å². The van der Waals surface area contributed by atoms with Crippen LogP contribution in [0.4, 0.5) is 5.69 Å². The molecule has 0 saturated heterocycles. The Morgan fingerprint density at radius 2 is 1.67 bits per heavy atom.